The number of amides is 1. The number of sulfonamides is 1. The zero-order valence-corrected chi connectivity index (χ0v) is 17.0. The van der Waals surface area contributed by atoms with Crippen LogP contribution in [0.1, 0.15) is 38.7 Å². The number of hydrogen-bond acceptors (Lipinski definition) is 4. The van der Waals surface area contributed by atoms with E-state index in [1.807, 2.05) is 24.9 Å². The van der Waals surface area contributed by atoms with Crippen molar-refractivity contribution in [2.24, 2.45) is 5.92 Å². The van der Waals surface area contributed by atoms with Gasteiger partial charge in [-0.05, 0) is 56.8 Å². The van der Waals surface area contributed by atoms with E-state index >= 15 is 0 Å². The monoisotopic (exact) mass is 381 g/mol. The zero-order chi connectivity index (χ0) is 19.3. The summed E-state index contributed by atoms with van der Waals surface area (Å²) in [6.07, 6.45) is 2.07. The van der Waals surface area contributed by atoms with E-state index in [0.717, 1.165) is 12.0 Å². The first kappa shape index (κ1) is 20.9. The lowest BCUT2D eigenvalue weighted by Crippen LogP contribution is -2.51. The van der Waals surface area contributed by atoms with Gasteiger partial charge in [-0.15, -0.1) is 0 Å². The molecule has 26 heavy (non-hydrogen) atoms. The molecule has 7 heteroatoms. The Morgan fingerprint density at radius 1 is 1.27 bits per heavy atom. The van der Waals surface area contributed by atoms with Crippen LogP contribution in [-0.2, 0) is 14.8 Å². The smallest absolute Gasteiger partial charge is 0.240 e. The number of likely N-dealkylation sites (N-methyl/N-ethyl adjacent to an activating group) is 1. The molecule has 1 aliphatic rings. The van der Waals surface area contributed by atoms with Gasteiger partial charge in [-0.25, -0.2) is 13.1 Å². The van der Waals surface area contributed by atoms with Crippen molar-refractivity contribution in [2.75, 3.05) is 20.1 Å². The van der Waals surface area contributed by atoms with Crippen molar-refractivity contribution in [1.29, 1.82) is 0 Å². The minimum Gasteiger partial charge on any atom is -0.341 e. The van der Waals surface area contributed by atoms with Crippen LogP contribution >= 0.6 is 0 Å². The Balaban J connectivity index is 1.93. The maximum Gasteiger partial charge on any atom is 0.240 e. The number of piperidine rings is 1. The topological polar surface area (TPSA) is 78.5 Å². The highest BCUT2D eigenvalue weighted by Gasteiger charge is 2.29. The molecule has 1 heterocycles. The van der Waals surface area contributed by atoms with Crippen LogP contribution < -0.4 is 10.0 Å². The van der Waals surface area contributed by atoms with E-state index in [0.29, 0.717) is 36.7 Å². The highest BCUT2D eigenvalue weighted by molar-refractivity contribution is 7.89. The molecular weight excluding hydrogens is 350 g/mol. The molecule has 0 spiro atoms. The van der Waals surface area contributed by atoms with Crippen LogP contribution in [0.5, 0.6) is 0 Å². The van der Waals surface area contributed by atoms with Crippen LogP contribution in [0.25, 0.3) is 0 Å². The van der Waals surface area contributed by atoms with Gasteiger partial charge >= 0.3 is 0 Å². The van der Waals surface area contributed by atoms with E-state index in [4.69, 9.17) is 0 Å². The van der Waals surface area contributed by atoms with Crippen molar-refractivity contribution in [1.82, 2.24) is 14.9 Å². The Hall–Kier alpha value is -1.44. The molecule has 1 aromatic carbocycles. The Morgan fingerprint density at radius 2 is 1.92 bits per heavy atom. The minimum atomic E-state index is -3.52. The van der Waals surface area contributed by atoms with Gasteiger partial charge in [-0.3, -0.25) is 4.79 Å². The second-order valence-corrected chi connectivity index (χ2v) is 9.22. The van der Waals surface area contributed by atoms with Gasteiger partial charge in [0.05, 0.1) is 10.9 Å². The largest absolute Gasteiger partial charge is 0.341 e. The maximum absolute atomic E-state index is 12.6. The lowest BCUT2D eigenvalue weighted by molar-refractivity contribution is -0.134. The molecule has 0 unspecified atom stereocenters. The van der Waals surface area contributed by atoms with Crippen molar-refractivity contribution in [3.8, 4) is 0 Å². The molecule has 1 saturated heterocycles. The average molecular weight is 382 g/mol. The lowest BCUT2D eigenvalue weighted by Gasteiger charge is -2.34. The highest BCUT2D eigenvalue weighted by atomic mass is 32.2. The number of likely N-dealkylation sites (tertiary alicyclic amines) is 1. The molecule has 1 atom stereocenters. The summed E-state index contributed by atoms with van der Waals surface area (Å²) in [5, 5.41) is 3.10. The second-order valence-electron chi connectivity index (χ2n) is 7.51. The number of carbonyl (C=O) groups excluding carboxylic acids is 1. The van der Waals surface area contributed by atoms with E-state index < -0.39 is 10.0 Å². The van der Waals surface area contributed by atoms with Gasteiger partial charge in [0.25, 0.3) is 0 Å². The van der Waals surface area contributed by atoms with E-state index in [1.54, 1.807) is 18.2 Å². The molecule has 2 N–H and O–H groups in total. The molecule has 0 bridgehead atoms. The summed E-state index contributed by atoms with van der Waals surface area (Å²) < 4.78 is 27.9. The predicted molar refractivity (Wildman–Crippen MR) is 103 cm³/mol. The van der Waals surface area contributed by atoms with Gasteiger partial charge in [0.15, 0.2) is 0 Å². The molecule has 1 fully saturated rings. The summed E-state index contributed by atoms with van der Waals surface area (Å²) in [4.78, 5) is 14.8. The van der Waals surface area contributed by atoms with Gasteiger partial charge in [0.1, 0.15) is 0 Å². The summed E-state index contributed by atoms with van der Waals surface area (Å²) in [5.41, 5.74) is 0.913. The maximum atomic E-state index is 12.6. The van der Waals surface area contributed by atoms with Crippen LogP contribution in [0.15, 0.2) is 29.2 Å². The average Bonchev–Trinajstić information content (AvgIpc) is 2.59. The summed E-state index contributed by atoms with van der Waals surface area (Å²) in [6.45, 7) is 7.23. The Kier molecular flexibility index (Phi) is 7.20. The summed E-state index contributed by atoms with van der Waals surface area (Å²) in [5.74, 6) is 0.552. The van der Waals surface area contributed by atoms with Crippen molar-refractivity contribution < 1.29 is 13.2 Å². The first-order valence-electron chi connectivity index (χ1n) is 9.28. The number of carbonyl (C=O) groups is 1. The molecule has 6 nitrogen and oxygen atoms in total. The van der Waals surface area contributed by atoms with Crippen LogP contribution in [0.2, 0.25) is 0 Å². The third-order valence-corrected chi connectivity index (χ3v) is 6.30. The van der Waals surface area contributed by atoms with Crippen molar-refractivity contribution in [3.63, 3.8) is 0 Å². The molecule has 0 aliphatic carbocycles. The molecule has 1 aromatic rings. The van der Waals surface area contributed by atoms with Gasteiger partial charge in [-0.2, -0.15) is 0 Å². The SMILES string of the molecule is CN[C@@H](CC(C)C)C(=O)N1CCC(NS(=O)(=O)c2cccc(C)c2)CC1. The third-order valence-electron chi connectivity index (χ3n) is 4.78. The van der Waals surface area contributed by atoms with E-state index in [9.17, 15) is 13.2 Å². The van der Waals surface area contributed by atoms with Gasteiger partial charge in [0, 0.05) is 19.1 Å². The van der Waals surface area contributed by atoms with Gasteiger partial charge < -0.3 is 10.2 Å². The molecule has 0 saturated carbocycles. The molecular formula is C19H31N3O3S. The predicted octanol–water partition coefficient (Wildman–Crippen LogP) is 1.90. The molecule has 0 radical (unpaired) electrons. The van der Waals surface area contributed by atoms with E-state index in [-0.39, 0.29) is 18.0 Å². The summed E-state index contributed by atoms with van der Waals surface area (Å²) >= 11 is 0. The molecule has 1 amide bonds. The minimum absolute atomic E-state index is 0.112. The van der Waals surface area contributed by atoms with Gasteiger partial charge in [-0.1, -0.05) is 26.0 Å². The fourth-order valence-corrected chi connectivity index (χ4v) is 4.73. The summed E-state index contributed by atoms with van der Waals surface area (Å²) in [7, 11) is -1.71. The Morgan fingerprint density at radius 3 is 2.46 bits per heavy atom. The van der Waals surface area contributed by atoms with Crippen molar-refractivity contribution in [2.45, 2.75) is 57.0 Å². The number of aryl methyl sites for hydroxylation is 1. The molecule has 2 rings (SSSR count). The normalized spacial score (nSPS) is 17.5. The number of nitrogens with zero attached hydrogens (tertiary/aromatic N) is 1. The fraction of sp³-hybridized carbons (Fsp3) is 0.632. The zero-order valence-electron chi connectivity index (χ0n) is 16.2. The first-order chi connectivity index (χ1) is 12.2. The van der Waals surface area contributed by atoms with Crippen molar-refractivity contribution >= 4 is 15.9 Å². The standard InChI is InChI=1S/C19H31N3O3S/c1-14(2)12-18(20-4)19(23)22-10-8-16(9-11-22)21-26(24,25)17-7-5-6-15(3)13-17/h5-7,13-14,16,18,20-21H,8-12H2,1-4H3/t18-/m0/s1. The van der Waals surface area contributed by atoms with E-state index in [2.05, 4.69) is 23.9 Å². The van der Waals surface area contributed by atoms with Crippen LogP contribution in [0.3, 0.4) is 0 Å². The lowest BCUT2D eigenvalue weighted by atomic mass is 10.0. The molecule has 0 aromatic heterocycles. The highest BCUT2D eigenvalue weighted by Crippen LogP contribution is 2.17. The molecule has 1 aliphatic heterocycles. The second kappa shape index (κ2) is 8.97. The quantitative estimate of drug-likeness (QED) is 0.756. The Labute approximate surface area is 157 Å². The number of hydrogen-bond donors (Lipinski definition) is 2. The number of nitrogens with one attached hydrogen (secondary N) is 2. The van der Waals surface area contributed by atoms with Crippen LogP contribution in [-0.4, -0.2) is 51.4 Å². The fourth-order valence-electron chi connectivity index (χ4n) is 3.32. The Bertz CT molecular complexity index is 710. The number of rotatable bonds is 7. The summed E-state index contributed by atoms with van der Waals surface area (Å²) in [6, 6.07) is 6.59. The van der Waals surface area contributed by atoms with Crippen LogP contribution in [0.4, 0.5) is 0 Å². The van der Waals surface area contributed by atoms with Crippen molar-refractivity contribution in [3.05, 3.63) is 29.8 Å². The third kappa shape index (κ3) is 5.53. The number of benzene rings is 1. The molecule has 146 valence electrons. The first-order valence-corrected chi connectivity index (χ1v) is 10.8. The van der Waals surface area contributed by atoms with Crippen LogP contribution in [0, 0.1) is 12.8 Å². The van der Waals surface area contributed by atoms with Gasteiger partial charge in [0.2, 0.25) is 15.9 Å². The van der Waals surface area contributed by atoms with E-state index in [1.165, 1.54) is 0 Å².